The van der Waals surface area contributed by atoms with Crippen LogP contribution in [0.2, 0.25) is 0 Å². The van der Waals surface area contributed by atoms with Gasteiger partial charge in [0.2, 0.25) is 0 Å². The van der Waals surface area contributed by atoms with E-state index in [-0.39, 0.29) is 5.41 Å². The molecule has 16 aromatic rings. The quantitative estimate of drug-likeness (QED) is 0.146. The SMILES string of the molecule is CC1(C)c2cc(-c3cc(-c4c5ccccc5cc5ccccc45)cc(-c4c5ccccc5cc5ccccc45)c3)ccc2-c2ccc(-c3cc(-c4c5ccccc5cc5ccccc45)cc(-c4c5ccccc5cc5ccccc45)c3)cc21. The Morgan fingerprint density at radius 3 is 0.614 bits per heavy atom. The number of hydrogen-bond donors (Lipinski definition) is 0. The summed E-state index contributed by atoms with van der Waals surface area (Å²) in [5.74, 6) is 0. The Hall–Kier alpha value is -10.4. The second-order valence-electron chi connectivity index (χ2n) is 23.5. The molecule has 0 bridgehead atoms. The van der Waals surface area contributed by atoms with Crippen LogP contribution in [0.5, 0.6) is 0 Å². The van der Waals surface area contributed by atoms with Crippen LogP contribution >= 0.6 is 0 Å². The summed E-state index contributed by atoms with van der Waals surface area (Å²) in [4.78, 5) is 0. The minimum Gasteiger partial charge on any atom is -0.0616 e. The molecule has 0 N–H and O–H groups in total. The molecule has 0 spiro atoms. The largest absolute Gasteiger partial charge is 0.0616 e. The molecule has 0 nitrogen and oxygen atoms in total. The average Bonchev–Trinajstić information content (AvgIpc) is 4.04. The molecule has 1 aliphatic carbocycles. The van der Waals surface area contributed by atoms with Gasteiger partial charge in [-0.15, -0.1) is 0 Å². The highest BCUT2D eigenvalue weighted by Gasteiger charge is 2.36. The van der Waals surface area contributed by atoms with Crippen LogP contribution in [0.25, 0.3) is 164 Å². The molecule has 0 saturated heterocycles. The van der Waals surface area contributed by atoms with Gasteiger partial charge in [-0.2, -0.15) is 0 Å². The van der Waals surface area contributed by atoms with Gasteiger partial charge in [-0.1, -0.05) is 232 Å². The summed E-state index contributed by atoms with van der Waals surface area (Å²) >= 11 is 0. The lowest BCUT2D eigenvalue weighted by atomic mass is 9.80. The second kappa shape index (κ2) is 18.3. The van der Waals surface area contributed by atoms with E-state index >= 15 is 0 Å². The highest BCUT2D eigenvalue weighted by molar-refractivity contribution is 6.18. The fourth-order valence-corrected chi connectivity index (χ4v) is 14.6. The molecule has 0 fully saturated rings. The maximum absolute atomic E-state index is 2.51. The van der Waals surface area contributed by atoms with Crippen molar-refractivity contribution in [2.24, 2.45) is 0 Å². The molecule has 0 heterocycles. The Morgan fingerprint density at radius 2 is 0.386 bits per heavy atom. The molecule has 1 aliphatic rings. The Morgan fingerprint density at radius 1 is 0.181 bits per heavy atom. The first kappa shape index (κ1) is 47.4. The lowest BCUT2D eigenvalue weighted by Crippen LogP contribution is -2.15. The van der Waals surface area contributed by atoms with Gasteiger partial charge >= 0.3 is 0 Å². The predicted molar refractivity (Wildman–Crippen MR) is 357 cm³/mol. The zero-order valence-electron chi connectivity index (χ0n) is 46.2. The van der Waals surface area contributed by atoms with E-state index in [0.29, 0.717) is 0 Å². The van der Waals surface area contributed by atoms with Gasteiger partial charge in [-0.05, 0) is 248 Å². The lowest BCUT2D eigenvalue weighted by molar-refractivity contribution is 0.661. The molecule has 386 valence electrons. The molecule has 0 radical (unpaired) electrons. The minimum atomic E-state index is -0.299. The molecule has 0 aliphatic heterocycles. The summed E-state index contributed by atoms with van der Waals surface area (Å²) in [6.07, 6.45) is 0. The fraction of sp³-hybridized carbons (Fsp3) is 0.0361. The van der Waals surface area contributed by atoms with E-state index in [9.17, 15) is 0 Å². The molecule has 0 heteroatoms. The number of fused-ring (bicyclic) bond motifs is 11. The molecular formula is C83H54. The van der Waals surface area contributed by atoms with Crippen LogP contribution in [0.1, 0.15) is 25.0 Å². The van der Waals surface area contributed by atoms with E-state index in [4.69, 9.17) is 0 Å². The summed E-state index contributed by atoms with van der Waals surface area (Å²) in [6.45, 7) is 4.87. The maximum atomic E-state index is 2.51. The first-order valence-corrected chi connectivity index (χ1v) is 29.1. The van der Waals surface area contributed by atoms with Gasteiger partial charge in [0.25, 0.3) is 0 Å². The Balaban J connectivity index is 0.860. The monoisotopic (exact) mass is 1050 g/mol. The van der Waals surface area contributed by atoms with Crippen LogP contribution in [0.3, 0.4) is 0 Å². The number of hydrogen-bond acceptors (Lipinski definition) is 0. The highest BCUT2D eigenvalue weighted by atomic mass is 14.4. The first-order chi connectivity index (χ1) is 40.9. The van der Waals surface area contributed by atoms with Gasteiger partial charge in [-0.25, -0.2) is 0 Å². The third-order valence-corrected chi connectivity index (χ3v) is 18.4. The fourth-order valence-electron chi connectivity index (χ4n) is 14.6. The van der Waals surface area contributed by atoms with Gasteiger partial charge in [0, 0.05) is 5.41 Å². The van der Waals surface area contributed by atoms with Gasteiger partial charge in [0.05, 0.1) is 0 Å². The summed E-state index contributed by atoms with van der Waals surface area (Å²) in [6, 6.07) is 110. The van der Waals surface area contributed by atoms with Crippen molar-refractivity contribution in [3.63, 3.8) is 0 Å². The lowest BCUT2D eigenvalue weighted by Gasteiger charge is -2.23. The van der Waals surface area contributed by atoms with Crippen molar-refractivity contribution in [3.8, 4) is 77.9 Å². The summed E-state index contributed by atoms with van der Waals surface area (Å²) in [5, 5.41) is 20.0. The first-order valence-electron chi connectivity index (χ1n) is 29.1. The summed E-state index contributed by atoms with van der Waals surface area (Å²) in [7, 11) is 0. The van der Waals surface area contributed by atoms with E-state index in [1.807, 2.05) is 0 Å². The van der Waals surface area contributed by atoms with E-state index < -0.39 is 0 Å². The molecule has 0 amide bonds. The zero-order chi connectivity index (χ0) is 54.9. The van der Waals surface area contributed by atoms with Crippen molar-refractivity contribution >= 4 is 86.2 Å². The Labute approximate surface area is 482 Å². The molecule has 83 heavy (non-hydrogen) atoms. The number of rotatable bonds is 6. The van der Waals surface area contributed by atoms with E-state index in [1.54, 1.807) is 0 Å². The molecule has 16 aromatic carbocycles. The Kier molecular flexibility index (Phi) is 10.5. The second-order valence-corrected chi connectivity index (χ2v) is 23.5. The topological polar surface area (TPSA) is 0 Å². The van der Waals surface area contributed by atoms with Crippen molar-refractivity contribution in [2.45, 2.75) is 19.3 Å². The third kappa shape index (κ3) is 7.46. The van der Waals surface area contributed by atoms with Crippen molar-refractivity contribution in [1.29, 1.82) is 0 Å². The Bertz CT molecular complexity index is 4590. The molecule has 0 unspecified atom stereocenters. The molecule has 17 rings (SSSR count). The molecule has 0 aromatic heterocycles. The standard InChI is InChI=1S/C83H54/c1-83(2)77-49-51(61-43-63(79-67-27-11-3-19-53(67)39-54-20-4-12-28-68(54)79)47-64(44-61)80-69-29-13-5-21-55(69)40-56-22-6-14-30-70(56)80)35-37-75(77)76-38-36-52(50-78(76)83)62-45-65(81-71-31-15-7-23-57(71)41-58-24-8-16-32-72(58)81)48-66(46-62)82-73-33-17-9-25-59(73)42-60-26-10-18-34-74(60)82/h3-50H,1-2H3. The van der Waals surface area contributed by atoms with Gasteiger partial charge in [-0.3, -0.25) is 0 Å². The van der Waals surface area contributed by atoms with Crippen LogP contribution < -0.4 is 0 Å². The van der Waals surface area contributed by atoms with E-state index in [2.05, 4.69) is 305 Å². The van der Waals surface area contributed by atoms with Gasteiger partial charge < -0.3 is 0 Å². The summed E-state index contributed by atoms with van der Waals surface area (Å²) in [5.41, 5.74) is 19.7. The third-order valence-electron chi connectivity index (χ3n) is 18.4. The smallest absolute Gasteiger partial charge is 0.0159 e. The van der Waals surface area contributed by atoms with E-state index in [0.717, 1.165) is 0 Å². The number of benzene rings is 16. The van der Waals surface area contributed by atoms with Crippen LogP contribution in [-0.4, -0.2) is 0 Å². The normalized spacial score (nSPS) is 12.8. The summed E-state index contributed by atoms with van der Waals surface area (Å²) < 4.78 is 0. The zero-order valence-corrected chi connectivity index (χ0v) is 46.2. The maximum Gasteiger partial charge on any atom is 0.0159 e. The van der Waals surface area contributed by atoms with Crippen LogP contribution in [-0.2, 0) is 5.41 Å². The van der Waals surface area contributed by atoms with Crippen LogP contribution in [0.4, 0.5) is 0 Å². The molecule has 0 saturated carbocycles. The average molecular weight is 1050 g/mol. The predicted octanol–water partition coefficient (Wildman–Crippen LogP) is 23.2. The van der Waals surface area contributed by atoms with Crippen LogP contribution in [0.15, 0.2) is 291 Å². The minimum absolute atomic E-state index is 0.299. The highest BCUT2D eigenvalue weighted by Crippen LogP contribution is 2.53. The van der Waals surface area contributed by atoms with E-state index in [1.165, 1.54) is 175 Å². The van der Waals surface area contributed by atoms with Crippen molar-refractivity contribution < 1.29 is 0 Å². The molecule has 0 atom stereocenters. The van der Waals surface area contributed by atoms with Crippen LogP contribution in [0, 0.1) is 0 Å². The van der Waals surface area contributed by atoms with Crippen molar-refractivity contribution in [1.82, 2.24) is 0 Å². The van der Waals surface area contributed by atoms with Crippen molar-refractivity contribution in [2.75, 3.05) is 0 Å². The van der Waals surface area contributed by atoms with Crippen molar-refractivity contribution in [3.05, 3.63) is 302 Å². The van der Waals surface area contributed by atoms with Gasteiger partial charge in [0.15, 0.2) is 0 Å². The van der Waals surface area contributed by atoms with Gasteiger partial charge in [0.1, 0.15) is 0 Å². The molecular weight excluding hydrogens is 997 g/mol.